The number of rotatable bonds is 12. The van der Waals surface area contributed by atoms with Gasteiger partial charge in [0.2, 0.25) is 0 Å². The van der Waals surface area contributed by atoms with Gasteiger partial charge < -0.3 is 29.6 Å². The molecule has 0 fully saturated rings. The van der Waals surface area contributed by atoms with Gasteiger partial charge in [-0.15, -0.1) is 0 Å². The summed E-state index contributed by atoms with van der Waals surface area (Å²) in [5, 5.41) is 5.57. The number of benzene rings is 2. The molecule has 3 rings (SSSR count). The molecule has 0 bridgehead atoms. The zero-order valence-corrected chi connectivity index (χ0v) is 20.9. The summed E-state index contributed by atoms with van der Waals surface area (Å²) in [6.45, 7) is 9.40. The first-order valence-electron chi connectivity index (χ1n) is 11.9. The minimum atomic E-state index is -0.462. The first-order valence-corrected chi connectivity index (χ1v) is 11.9. The highest BCUT2D eigenvalue weighted by molar-refractivity contribution is 6.06. The highest BCUT2D eigenvalue weighted by Crippen LogP contribution is 2.32. The second-order valence-corrected chi connectivity index (χ2v) is 7.37. The van der Waals surface area contributed by atoms with Crippen LogP contribution in [0.4, 0.5) is 11.4 Å². The molecule has 0 saturated heterocycles. The Bertz CT molecular complexity index is 1110. The van der Waals surface area contributed by atoms with E-state index in [1.165, 1.54) is 12.1 Å². The van der Waals surface area contributed by atoms with Gasteiger partial charge in [0.15, 0.2) is 23.0 Å². The van der Waals surface area contributed by atoms with Gasteiger partial charge in [-0.25, -0.2) is 4.98 Å². The number of nitrogens with zero attached hydrogens (tertiary/aromatic N) is 1. The summed E-state index contributed by atoms with van der Waals surface area (Å²) in [6.07, 6.45) is 0. The summed E-state index contributed by atoms with van der Waals surface area (Å²) in [5.74, 6) is 1.32. The number of pyridine rings is 1. The van der Waals surface area contributed by atoms with Crippen molar-refractivity contribution in [3.05, 3.63) is 66.0 Å². The molecule has 2 amide bonds. The lowest BCUT2D eigenvalue weighted by atomic mass is 10.2. The summed E-state index contributed by atoms with van der Waals surface area (Å²) in [4.78, 5) is 29.9. The largest absolute Gasteiger partial charge is 0.490 e. The van der Waals surface area contributed by atoms with Gasteiger partial charge in [-0.2, -0.15) is 0 Å². The smallest absolute Gasteiger partial charge is 0.274 e. The van der Waals surface area contributed by atoms with E-state index in [-0.39, 0.29) is 11.4 Å². The Kier molecular flexibility index (Phi) is 9.50. The molecule has 190 valence electrons. The molecule has 0 spiro atoms. The Balaban J connectivity index is 1.73. The maximum atomic E-state index is 12.8. The molecule has 1 heterocycles. The number of ether oxygens (including phenoxy) is 4. The van der Waals surface area contributed by atoms with E-state index in [0.717, 1.165) is 0 Å². The minimum Gasteiger partial charge on any atom is -0.490 e. The van der Waals surface area contributed by atoms with E-state index in [2.05, 4.69) is 15.6 Å². The molecule has 0 saturated carbocycles. The van der Waals surface area contributed by atoms with E-state index in [4.69, 9.17) is 18.9 Å². The lowest BCUT2D eigenvalue weighted by molar-refractivity contribution is 0.101. The lowest BCUT2D eigenvalue weighted by Gasteiger charge is -2.13. The molecule has 0 radical (unpaired) electrons. The maximum absolute atomic E-state index is 12.8. The summed E-state index contributed by atoms with van der Waals surface area (Å²) < 4.78 is 22.3. The van der Waals surface area contributed by atoms with Crippen molar-refractivity contribution in [2.24, 2.45) is 0 Å². The van der Waals surface area contributed by atoms with E-state index in [0.29, 0.717) is 60.8 Å². The molecule has 36 heavy (non-hydrogen) atoms. The monoisotopic (exact) mass is 493 g/mol. The van der Waals surface area contributed by atoms with Gasteiger partial charge in [0.1, 0.15) is 11.4 Å². The van der Waals surface area contributed by atoms with Gasteiger partial charge >= 0.3 is 0 Å². The van der Waals surface area contributed by atoms with Crippen molar-refractivity contribution in [3.8, 4) is 23.0 Å². The first-order chi connectivity index (χ1) is 17.5. The van der Waals surface area contributed by atoms with Crippen molar-refractivity contribution in [1.29, 1.82) is 0 Å². The standard InChI is InChI=1S/C27H31N3O6/c1-5-33-22-14-12-18(16-24(22)35-7-3)28-26(31)20-10-9-11-21(30-20)27(32)29-19-13-15-23(34-6-2)25(17-19)36-8-4/h9-17H,5-8H2,1-4H3,(H,28,31)(H,29,32). The van der Waals surface area contributed by atoms with E-state index in [1.807, 2.05) is 27.7 Å². The van der Waals surface area contributed by atoms with Gasteiger partial charge in [-0.05, 0) is 64.1 Å². The second kappa shape index (κ2) is 13.0. The Labute approximate surface area is 210 Å². The van der Waals surface area contributed by atoms with Crippen LogP contribution in [0.15, 0.2) is 54.6 Å². The van der Waals surface area contributed by atoms with Crippen molar-refractivity contribution >= 4 is 23.2 Å². The van der Waals surface area contributed by atoms with E-state index < -0.39 is 11.8 Å². The Morgan fingerprint density at radius 3 is 1.39 bits per heavy atom. The molecular weight excluding hydrogens is 462 g/mol. The highest BCUT2D eigenvalue weighted by atomic mass is 16.5. The molecule has 0 aliphatic rings. The first kappa shape index (κ1) is 26.3. The minimum absolute atomic E-state index is 0.0937. The van der Waals surface area contributed by atoms with Crippen LogP contribution in [0.5, 0.6) is 23.0 Å². The van der Waals surface area contributed by atoms with Crippen LogP contribution in [-0.4, -0.2) is 43.2 Å². The predicted octanol–water partition coefficient (Wildman–Crippen LogP) is 5.18. The van der Waals surface area contributed by atoms with E-state index in [9.17, 15) is 9.59 Å². The van der Waals surface area contributed by atoms with Crippen LogP contribution in [0.2, 0.25) is 0 Å². The van der Waals surface area contributed by atoms with Crippen molar-refractivity contribution in [2.75, 3.05) is 37.1 Å². The number of nitrogens with one attached hydrogen (secondary N) is 2. The van der Waals surface area contributed by atoms with Crippen LogP contribution >= 0.6 is 0 Å². The summed E-state index contributed by atoms with van der Waals surface area (Å²) in [6, 6.07) is 14.9. The highest BCUT2D eigenvalue weighted by Gasteiger charge is 2.15. The zero-order chi connectivity index (χ0) is 25.9. The Morgan fingerprint density at radius 1 is 0.611 bits per heavy atom. The van der Waals surface area contributed by atoms with Gasteiger partial charge in [0.05, 0.1) is 26.4 Å². The molecule has 0 aliphatic heterocycles. The van der Waals surface area contributed by atoms with Crippen LogP contribution in [-0.2, 0) is 0 Å². The molecule has 0 aliphatic carbocycles. The predicted molar refractivity (Wildman–Crippen MR) is 138 cm³/mol. The van der Waals surface area contributed by atoms with Gasteiger partial charge in [-0.1, -0.05) is 6.07 Å². The molecular formula is C27H31N3O6. The lowest BCUT2D eigenvalue weighted by Crippen LogP contribution is -2.18. The number of anilines is 2. The van der Waals surface area contributed by atoms with E-state index in [1.54, 1.807) is 42.5 Å². The number of hydrogen-bond acceptors (Lipinski definition) is 7. The van der Waals surface area contributed by atoms with Gasteiger partial charge in [-0.3, -0.25) is 9.59 Å². The molecule has 1 aromatic heterocycles. The molecule has 9 heteroatoms. The Hall–Kier alpha value is -4.27. The number of carbonyl (C=O) groups excluding carboxylic acids is 2. The van der Waals surface area contributed by atoms with Crippen LogP contribution in [0.1, 0.15) is 48.7 Å². The third-order valence-corrected chi connectivity index (χ3v) is 4.82. The molecule has 0 atom stereocenters. The molecule has 3 aromatic rings. The second-order valence-electron chi connectivity index (χ2n) is 7.37. The maximum Gasteiger partial charge on any atom is 0.274 e. The summed E-state index contributed by atoms with van der Waals surface area (Å²) >= 11 is 0. The van der Waals surface area contributed by atoms with Crippen LogP contribution in [0.3, 0.4) is 0 Å². The average molecular weight is 494 g/mol. The SMILES string of the molecule is CCOc1ccc(NC(=O)c2cccc(C(=O)Nc3ccc(OCC)c(OCC)c3)n2)cc1OCC. The zero-order valence-electron chi connectivity index (χ0n) is 20.9. The number of carbonyl (C=O) groups is 2. The van der Waals surface area contributed by atoms with Crippen LogP contribution in [0, 0.1) is 0 Å². The third-order valence-electron chi connectivity index (χ3n) is 4.82. The number of aromatic nitrogens is 1. The molecule has 0 unspecified atom stereocenters. The topological polar surface area (TPSA) is 108 Å². The van der Waals surface area contributed by atoms with Crippen molar-refractivity contribution in [3.63, 3.8) is 0 Å². The van der Waals surface area contributed by atoms with Crippen molar-refractivity contribution in [2.45, 2.75) is 27.7 Å². The average Bonchev–Trinajstić information content (AvgIpc) is 2.87. The van der Waals surface area contributed by atoms with Crippen LogP contribution in [0.25, 0.3) is 0 Å². The van der Waals surface area contributed by atoms with Crippen molar-refractivity contribution < 1.29 is 28.5 Å². The van der Waals surface area contributed by atoms with Crippen LogP contribution < -0.4 is 29.6 Å². The molecule has 9 nitrogen and oxygen atoms in total. The molecule has 2 N–H and O–H groups in total. The third kappa shape index (κ3) is 6.88. The summed E-state index contributed by atoms with van der Waals surface area (Å²) in [7, 11) is 0. The fourth-order valence-corrected chi connectivity index (χ4v) is 3.34. The summed E-state index contributed by atoms with van der Waals surface area (Å²) in [5.41, 5.74) is 1.22. The quantitative estimate of drug-likeness (QED) is 0.358. The van der Waals surface area contributed by atoms with Crippen molar-refractivity contribution in [1.82, 2.24) is 4.98 Å². The number of hydrogen-bond donors (Lipinski definition) is 2. The Morgan fingerprint density at radius 2 is 1.00 bits per heavy atom. The van der Waals surface area contributed by atoms with E-state index >= 15 is 0 Å². The van der Waals surface area contributed by atoms with Gasteiger partial charge in [0.25, 0.3) is 11.8 Å². The normalized spacial score (nSPS) is 10.3. The fraction of sp³-hybridized carbons (Fsp3) is 0.296. The van der Waals surface area contributed by atoms with Gasteiger partial charge in [0, 0.05) is 23.5 Å². The fourth-order valence-electron chi connectivity index (χ4n) is 3.34. The molecule has 2 aromatic carbocycles. The number of amides is 2.